The van der Waals surface area contributed by atoms with Crippen molar-refractivity contribution in [3.05, 3.63) is 48.5 Å². The van der Waals surface area contributed by atoms with Gasteiger partial charge in [0.05, 0.1) is 30.2 Å². The summed E-state index contributed by atoms with van der Waals surface area (Å²) in [6.45, 7) is 4.53. The molecule has 0 aliphatic heterocycles. The highest BCUT2D eigenvalue weighted by Crippen LogP contribution is 2.26. The van der Waals surface area contributed by atoms with E-state index in [0.717, 1.165) is 53.9 Å². The maximum atomic E-state index is 11.7. The quantitative estimate of drug-likeness (QED) is 0.400. The third-order valence-electron chi connectivity index (χ3n) is 4.97. The summed E-state index contributed by atoms with van der Waals surface area (Å²) in [7, 11) is 1.44. The van der Waals surface area contributed by atoms with Crippen LogP contribution in [0.5, 0.6) is 5.75 Å². The molecule has 1 N–H and O–H groups in total. The summed E-state index contributed by atoms with van der Waals surface area (Å²) in [5.74, 6) is 1.57. The minimum atomic E-state index is -0.415. The molecule has 0 aliphatic rings. The van der Waals surface area contributed by atoms with Crippen molar-refractivity contribution in [2.75, 3.05) is 13.7 Å². The van der Waals surface area contributed by atoms with Crippen molar-refractivity contribution in [3.8, 4) is 17.1 Å². The second-order valence-electron chi connectivity index (χ2n) is 7.66. The Labute approximate surface area is 166 Å². The van der Waals surface area contributed by atoms with Crippen LogP contribution in [0, 0.1) is 5.41 Å². The van der Waals surface area contributed by atoms with Crippen LogP contribution in [0.2, 0.25) is 0 Å². The van der Waals surface area contributed by atoms with E-state index in [1.807, 2.05) is 62.4 Å². The SMILES string of the molecule is COC(=O)C(C)(C)CCCCCOc1ccc(-c2nc3ccccc3[nH]2)cc1. The van der Waals surface area contributed by atoms with Crippen molar-refractivity contribution in [1.82, 2.24) is 9.97 Å². The molecule has 0 saturated heterocycles. The number of carbonyl (C=O) groups is 1. The van der Waals surface area contributed by atoms with Crippen molar-refractivity contribution < 1.29 is 14.3 Å². The van der Waals surface area contributed by atoms with E-state index < -0.39 is 5.41 Å². The largest absolute Gasteiger partial charge is 0.494 e. The molecule has 3 aromatic rings. The molecule has 0 fully saturated rings. The first-order valence-electron chi connectivity index (χ1n) is 9.76. The average molecular weight is 380 g/mol. The summed E-state index contributed by atoms with van der Waals surface area (Å²) in [5, 5.41) is 0. The number of rotatable bonds is 9. The Morgan fingerprint density at radius 1 is 1.04 bits per heavy atom. The Kier molecular flexibility index (Phi) is 6.34. The van der Waals surface area contributed by atoms with E-state index in [2.05, 4.69) is 9.97 Å². The molecule has 0 atom stereocenters. The topological polar surface area (TPSA) is 64.2 Å². The Bertz CT molecular complexity index is 880. The fourth-order valence-electron chi connectivity index (χ4n) is 3.21. The molecule has 0 amide bonds. The van der Waals surface area contributed by atoms with E-state index in [1.54, 1.807) is 0 Å². The number of esters is 1. The Balaban J connectivity index is 1.43. The number of aromatic amines is 1. The highest BCUT2D eigenvalue weighted by atomic mass is 16.5. The predicted octanol–water partition coefficient (Wildman–Crippen LogP) is 5.37. The third kappa shape index (κ3) is 4.91. The molecule has 1 heterocycles. The predicted molar refractivity (Wildman–Crippen MR) is 111 cm³/mol. The first kappa shape index (κ1) is 19.9. The van der Waals surface area contributed by atoms with Gasteiger partial charge in [-0.05, 0) is 63.1 Å². The molecule has 28 heavy (non-hydrogen) atoms. The summed E-state index contributed by atoms with van der Waals surface area (Å²) < 4.78 is 10.7. The van der Waals surface area contributed by atoms with Gasteiger partial charge < -0.3 is 14.5 Å². The first-order chi connectivity index (χ1) is 13.5. The van der Waals surface area contributed by atoms with Crippen molar-refractivity contribution >= 4 is 17.0 Å². The number of para-hydroxylation sites is 2. The van der Waals surface area contributed by atoms with Crippen LogP contribution in [0.4, 0.5) is 0 Å². The molecule has 5 heteroatoms. The molecule has 148 valence electrons. The zero-order valence-electron chi connectivity index (χ0n) is 16.8. The van der Waals surface area contributed by atoms with Gasteiger partial charge >= 0.3 is 5.97 Å². The molecule has 1 aromatic heterocycles. The molecule has 0 unspecified atom stereocenters. The Hall–Kier alpha value is -2.82. The van der Waals surface area contributed by atoms with Crippen molar-refractivity contribution in [1.29, 1.82) is 0 Å². The van der Waals surface area contributed by atoms with Crippen molar-refractivity contribution in [3.63, 3.8) is 0 Å². The van der Waals surface area contributed by atoms with Gasteiger partial charge in [0.1, 0.15) is 11.6 Å². The second kappa shape index (κ2) is 8.91. The fraction of sp³-hybridized carbons (Fsp3) is 0.391. The van der Waals surface area contributed by atoms with Gasteiger partial charge in [-0.15, -0.1) is 0 Å². The standard InChI is InChI=1S/C23H28N2O3/c1-23(2,22(26)27-3)15-7-4-8-16-28-18-13-11-17(12-14-18)21-24-19-9-5-6-10-20(19)25-21/h5-6,9-14H,4,7-8,15-16H2,1-3H3,(H,24,25). The molecule has 0 radical (unpaired) electrons. The van der Waals surface area contributed by atoms with Crippen LogP contribution in [0.1, 0.15) is 39.5 Å². The first-order valence-corrected chi connectivity index (χ1v) is 9.76. The number of methoxy groups -OCH3 is 1. The highest BCUT2D eigenvalue weighted by Gasteiger charge is 2.27. The number of imidazole rings is 1. The number of hydrogen-bond acceptors (Lipinski definition) is 4. The maximum absolute atomic E-state index is 11.7. The lowest BCUT2D eigenvalue weighted by Gasteiger charge is -2.21. The Morgan fingerprint density at radius 2 is 1.79 bits per heavy atom. The molecule has 2 aromatic carbocycles. The number of hydrogen-bond donors (Lipinski definition) is 1. The second-order valence-corrected chi connectivity index (χ2v) is 7.66. The van der Waals surface area contributed by atoms with Crippen LogP contribution in [0.25, 0.3) is 22.4 Å². The lowest BCUT2D eigenvalue weighted by molar-refractivity contribution is -0.151. The lowest BCUT2D eigenvalue weighted by atomic mass is 9.87. The lowest BCUT2D eigenvalue weighted by Crippen LogP contribution is -2.25. The van der Waals surface area contributed by atoms with Gasteiger partial charge in [-0.3, -0.25) is 4.79 Å². The van der Waals surface area contributed by atoms with Crippen LogP contribution >= 0.6 is 0 Å². The van der Waals surface area contributed by atoms with Gasteiger partial charge in [-0.1, -0.05) is 25.0 Å². The molecule has 5 nitrogen and oxygen atoms in total. The van der Waals surface area contributed by atoms with Crippen molar-refractivity contribution in [2.45, 2.75) is 39.5 Å². The van der Waals surface area contributed by atoms with Crippen LogP contribution in [-0.4, -0.2) is 29.7 Å². The zero-order valence-corrected chi connectivity index (χ0v) is 16.8. The van der Waals surface area contributed by atoms with E-state index in [-0.39, 0.29) is 5.97 Å². The molecule has 0 aliphatic carbocycles. The fourth-order valence-corrected chi connectivity index (χ4v) is 3.21. The molecule has 0 bridgehead atoms. The monoisotopic (exact) mass is 380 g/mol. The van der Waals surface area contributed by atoms with Crippen LogP contribution < -0.4 is 4.74 Å². The number of unbranched alkanes of at least 4 members (excludes halogenated alkanes) is 2. The van der Waals surface area contributed by atoms with Gasteiger partial charge in [0.15, 0.2) is 0 Å². The average Bonchev–Trinajstić information content (AvgIpc) is 3.14. The van der Waals surface area contributed by atoms with Gasteiger partial charge in [0.2, 0.25) is 0 Å². The minimum Gasteiger partial charge on any atom is -0.494 e. The number of aromatic nitrogens is 2. The number of nitrogens with zero attached hydrogens (tertiary/aromatic N) is 1. The summed E-state index contributed by atoms with van der Waals surface area (Å²) in [4.78, 5) is 19.6. The van der Waals surface area contributed by atoms with E-state index in [9.17, 15) is 4.79 Å². The number of benzene rings is 2. The number of ether oxygens (including phenoxy) is 2. The summed E-state index contributed by atoms with van der Waals surface area (Å²) in [5.41, 5.74) is 2.62. The van der Waals surface area contributed by atoms with Gasteiger partial charge in [-0.25, -0.2) is 4.98 Å². The van der Waals surface area contributed by atoms with Gasteiger partial charge in [0, 0.05) is 5.56 Å². The number of H-pyrrole nitrogens is 1. The zero-order chi connectivity index (χ0) is 20.0. The number of nitrogens with one attached hydrogen (secondary N) is 1. The Morgan fingerprint density at radius 3 is 2.50 bits per heavy atom. The summed E-state index contributed by atoms with van der Waals surface area (Å²) >= 11 is 0. The van der Waals surface area contributed by atoms with E-state index >= 15 is 0 Å². The molecule has 0 saturated carbocycles. The van der Waals surface area contributed by atoms with E-state index in [4.69, 9.17) is 9.47 Å². The smallest absolute Gasteiger partial charge is 0.311 e. The van der Waals surface area contributed by atoms with Crippen LogP contribution in [0.15, 0.2) is 48.5 Å². The molecular formula is C23H28N2O3. The summed E-state index contributed by atoms with van der Waals surface area (Å²) in [6.07, 6.45) is 3.79. The molecular weight excluding hydrogens is 352 g/mol. The molecule has 3 rings (SSSR count). The van der Waals surface area contributed by atoms with Crippen LogP contribution in [0.3, 0.4) is 0 Å². The number of carbonyl (C=O) groups excluding carboxylic acids is 1. The number of fused-ring (bicyclic) bond motifs is 1. The summed E-state index contributed by atoms with van der Waals surface area (Å²) in [6, 6.07) is 16.0. The third-order valence-corrected chi connectivity index (χ3v) is 4.97. The maximum Gasteiger partial charge on any atom is 0.311 e. The van der Waals surface area contributed by atoms with Crippen LogP contribution in [-0.2, 0) is 9.53 Å². The minimum absolute atomic E-state index is 0.145. The van der Waals surface area contributed by atoms with Gasteiger partial charge in [-0.2, -0.15) is 0 Å². The normalized spacial score (nSPS) is 11.5. The highest BCUT2D eigenvalue weighted by molar-refractivity contribution is 5.79. The van der Waals surface area contributed by atoms with Crippen molar-refractivity contribution in [2.24, 2.45) is 5.41 Å². The van der Waals surface area contributed by atoms with Gasteiger partial charge in [0.25, 0.3) is 0 Å². The molecule has 0 spiro atoms. The van der Waals surface area contributed by atoms with E-state index in [0.29, 0.717) is 6.61 Å². The van der Waals surface area contributed by atoms with E-state index in [1.165, 1.54) is 7.11 Å².